The van der Waals surface area contributed by atoms with Gasteiger partial charge in [0.05, 0.1) is 5.56 Å². The maximum absolute atomic E-state index is 14.3. The van der Waals surface area contributed by atoms with E-state index in [2.05, 4.69) is 10.2 Å². The van der Waals surface area contributed by atoms with Gasteiger partial charge < -0.3 is 14.0 Å². The minimum atomic E-state index is -1.22. The Morgan fingerprint density at radius 2 is 1.84 bits per heavy atom. The molecule has 3 aromatic rings. The molecule has 1 aliphatic heterocycles. The van der Waals surface area contributed by atoms with Crippen LogP contribution in [0, 0.1) is 11.6 Å². The first kappa shape index (κ1) is 21.2. The van der Waals surface area contributed by atoms with Gasteiger partial charge in [-0.1, -0.05) is 17.7 Å². The van der Waals surface area contributed by atoms with Gasteiger partial charge in [0.15, 0.2) is 34.6 Å². The molecule has 2 aromatic carbocycles. The fourth-order valence-corrected chi connectivity index (χ4v) is 3.78. The van der Waals surface area contributed by atoms with Crippen LogP contribution in [0.25, 0.3) is 11.4 Å². The summed E-state index contributed by atoms with van der Waals surface area (Å²) in [5.41, 5.74) is 0.810. The molecular formula is C22H20ClF2N3O3. The molecule has 1 aromatic heterocycles. The zero-order valence-corrected chi connectivity index (χ0v) is 18.1. The van der Waals surface area contributed by atoms with E-state index in [9.17, 15) is 13.6 Å². The van der Waals surface area contributed by atoms with E-state index in [1.807, 2.05) is 24.5 Å². The van der Waals surface area contributed by atoms with Crippen molar-refractivity contribution in [3.8, 4) is 17.1 Å². The molecule has 0 atom stereocenters. The molecule has 6 nitrogen and oxygen atoms in total. The predicted molar refractivity (Wildman–Crippen MR) is 110 cm³/mol. The van der Waals surface area contributed by atoms with E-state index in [0.717, 1.165) is 23.3 Å². The molecule has 2 heterocycles. The number of ether oxygens (including phenoxy) is 2. The molecule has 0 amide bonds. The fourth-order valence-electron chi connectivity index (χ4n) is 3.59. The van der Waals surface area contributed by atoms with Gasteiger partial charge >= 0.3 is 5.97 Å². The Bertz CT molecular complexity index is 1170. The molecular weight excluding hydrogens is 428 g/mol. The van der Waals surface area contributed by atoms with Gasteiger partial charge in [0.25, 0.3) is 0 Å². The number of hydrogen-bond acceptors (Lipinski definition) is 5. The van der Waals surface area contributed by atoms with E-state index >= 15 is 0 Å². The summed E-state index contributed by atoms with van der Waals surface area (Å²) < 4.78 is 41.3. The molecule has 0 saturated carbocycles. The van der Waals surface area contributed by atoms with Crippen LogP contribution in [0.3, 0.4) is 0 Å². The Kier molecular flexibility index (Phi) is 5.21. The number of halogens is 3. The van der Waals surface area contributed by atoms with Crippen LogP contribution in [0.4, 0.5) is 8.78 Å². The third-order valence-corrected chi connectivity index (χ3v) is 5.23. The maximum atomic E-state index is 14.3. The lowest BCUT2D eigenvalue weighted by Gasteiger charge is -2.28. The van der Waals surface area contributed by atoms with Gasteiger partial charge in [-0.25, -0.2) is 13.6 Å². The second-order valence-corrected chi connectivity index (χ2v) is 8.51. The smallest absolute Gasteiger partial charge is 0.338 e. The van der Waals surface area contributed by atoms with E-state index in [-0.39, 0.29) is 23.6 Å². The summed E-state index contributed by atoms with van der Waals surface area (Å²) in [5, 5.41) is 8.54. The van der Waals surface area contributed by atoms with Crippen molar-refractivity contribution in [3.05, 3.63) is 63.9 Å². The van der Waals surface area contributed by atoms with Crippen molar-refractivity contribution in [1.82, 2.24) is 14.8 Å². The average molecular weight is 448 g/mol. The van der Waals surface area contributed by atoms with E-state index in [1.165, 1.54) is 0 Å². The first-order valence-electron chi connectivity index (χ1n) is 9.68. The molecule has 0 radical (unpaired) electrons. The quantitative estimate of drug-likeness (QED) is 0.487. The van der Waals surface area contributed by atoms with Gasteiger partial charge in [0, 0.05) is 22.2 Å². The molecule has 0 spiro atoms. The largest absolute Gasteiger partial charge is 0.474 e. The number of carbonyl (C=O) groups is 1. The predicted octanol–water partition coefficient (Wildman–Crippen LogP) is 5.44. The van der Waals surface area contributed by atoms with E-state index in [4.69, 9.17) is 21.1 Å². The number of nitrogens with zero attached hydrogens (tertiary/aromatic N) is 3. The van der Waals surface area contributed by atoms with Gasteiger partial charge in [0.2, 0.25) is 0 Å². The van der Waals surface area contributed by atoms with E-state index in [1.54, 1.807) is 26.0 Å². The van der Waals surface area contributed by atoms with Crippen LogP contribution in [0.15, 0.2) is 30.3 Å². The fraction of sp³-hybridized carbons (Fsp3) is 0.318. The molecule has 4 rings (SSSR count). The van der Waals surface area contributed by atoms with Crippen LogP contribution >= 0.6 is 11.6 Å². The zero-order valence-electron chi connectivity index (χ0n) is 17.4. The van der Waals surface area contributed by atoms with Crippen LogP contribution in [-0.4, -0.2) is 20.7 Å². The van der Waals surface area contributed by atoms with Crippen LogP contribution < -0.4 is 4.74 Å². The molecule has 0 aliphatic carbocycles. The summed E-state index contributed by atoms with van der Waals surface area (Å²) in [6.45, 7) is 7.39. The highest BCUT2D eigenvalue weighted by molar-refractivity contribution is 6.30. The Morgan fingerprint density at radius 3 is 2.48 bits per heavy atom. The van der Waals surface area contributed by atoms with Crippen LogP contribution in [0.1, 0.15) is 55.5 Å². The number of fused-ring (bicyclic) bond motifs is 1. The number of esters is 1. The van der Waals surface area contributed by atoms with Crippen molar-refractivity contribution in [2.24, 2.45) is 0 Å². The Balaban J connectivity index is 1.76. The van der Waals surface area contributed by atoms with Gasteiger partial charge in [-0.3, -0.25) is 0 Å². The van der Waals surface area contributed by atoms with Crippen LogP contribution in [-0.2, 0) is 16.9 Å². The number of hydrogen-bond donors (Lipinski definition) is 0. The van der Waals surface area contributed by atoms with Crippen molar-refractivity contribution in [1.29, 1.82) is 0 Å². The second kappa shape index (κ2) is 7.60. The Morgan fingerprint density at radius 1 is 1.16 bits per heavy atom. The molecule has 0 saturated heterocycles. The first-order chi connectivity index (χ1) is 14.6. The number of carbonyl (C=O) groups excluding carboxylic acids is 1. The normalized spacial score (nSPS) is 13.5. The number of aromatic nitrogens is 3. The van der Waals surface area contributed by atoms with Crippen molar-refractivity contribution in [3.63, 3.8) is 0 Å². The molecule has 0 bridgehead atoms. The lowest BCUT2D eigenvalue weighted by molar-refractivity contribution is 0.0535. The minimum absolute atomic E-state index is 0.0631. The monoisotopic (exact) mass is 447 g/mol. The Hall–Kier alpha value is -3.00. The lowest BCUT2D eigenvalue weighted by Crippen LogP contribution is -2.31. The standard InChI is InChI=1S/C22H20ClF2N3O3/c1-11(2)28-19(12-5-6-15-13(7-12)10-30-20(15)29)26-27-21(28)22(3,4)31-18-16(24)8-14(23)9-17(18)25/h5-9,11H,10H2,1-4H3. The second-order valence-electron chi connectivity index (χ2n) is 8.07. The third-order valence-electron chi connectivity index (χ3n) is 5.01. The molecule has 162 valence electrons. The first-order valence-corrected chi connectivity index (χ1v) is 10.1. The van der Waals surface area contributed by atoms with Gasteiger partial charge in [-0.05, 0) is 52.0 Å². The highest BCUT2D eigenvalue weighted by Gasteiger charge is 2.34. The molecule has 1 aliphatic rings. The molecule has 0 unspecified atom stereocenters. The van der Waals surface area contributed by atoms with Crippen molar-refractivity contribution in [2.75, 3.05) is 0 Å². The van der Waals surface area contributed by atoms with E-state index < -0.39 is 23.0 Å². The van der Waals surface area contributed by atoms with Gasteiger partial charge in [0.1, 0.15) is 6.61 Å². The van der Waals surface area contributed by atoms with Crippen LogP contribution in [0.2, 0.25) is 5.02 Å². The highest BCUT2D eigenvalue weighted by Crippen LogP contribution is 2.35. The maximum Gasteiger partial charge on any atom is 0.338 e. The van der Waals surface area contributed by atoms with Gasteiger partial charge in [-0.15, -0.1) is 10.2 Å². The summed E-state index contributed by atoms with van der Waals surface area (Å²) in [4.78, 5) is 11.7. The molecule has 0 N–H and O–H groups in total. The van der Waals surface area contributed by atoms with Crippen molar-refractivity contribution >= 4 is 17.6 Å². The number of rotatable bonds is 5. The molecule has 9 heteroatoms. The minimum Gasteiger partial charge on any atom is -0.474 e. The average Bonchev–Trinajstić information content (AvgIpc) is 3.29. The summed E-state index contributed by atoms with van der Waals surface area (Å²) >= 11 is 5.71. The SMILES string of the molecule is CC(C)n1c(-c2ccc3c(c2)COC3=O)nnc1C(C)(C)Oc1c(F)cc(Cl)cc1F. The number of cyclic esters (lactones) is 1. The number of benzene rings is 2. The topological polar surface area (TPSA) is 66.2 Å². The van der Waals surface area contributed by atoms with Gasteiger partial charge in [-0.2, -0.15) is 0 Å². The zero-order chi connectivity index (χ0) is 22.5. The summed E-state index contributed by atoms with van der Waals surface area (Å²) in [6, 6.07) is 7.18. The van der Waals surface area contributed by atoms with Crippen molar-refractivity contribution < 1.29 is 23.0 Å². The summed E-state index contributed by atoms with van der Waals surface area (Å²) in [7, 11) is 0. The Labute approximate surface area is 182 Å². The lowest BCUT2D eigenvalue weighted by atomic mass is 10.0. The van der Waals surface area contributed by atoms with Crippen LogP contribution in [0.5, 0.6) is 5.75 Å². The third kappa shape index (κ3) is 3.76. The molecule has 0 fully saturated rings. The highest BCUT2D eigenvalue weighted by atomic mass is 35.5. The molecule has 31 heavy (non-hydrogen) atoms. The van der Waals surface area contributed by atoms with E-state index in [0.29, 0.717) is 17.2 Å². The summed E-state index contributed by atoms with van der Waals surface area (Å²) in [5.74, 6) is -1.77. The van der Waals surface area contributed by atoms with Crippen molar-refractivity contribution in [2.45, 2.75) is 45.9 Å². The summed E-state index contributed by atoms with van der Waals surface area (Å²) in [6.07, 6.45) is 0.